The largest absolute Gasteiger partial charge is 0.326 e. The molecule has 0 spiro atoms. The molecule has 0 aliphatic heterocycles. The van der Waals surface area contributed by atoms with Gasteiger partial charge >= 0.3 is 0 Å². The Labute approximate surface area is 126 Å². The maximum Gasteiger partial charge on any atom is 0.241 e. The zero-order valence-corrected chi connectivity index (χ0v) is 13.4. The molecular formula is C16H25N3O2. The second kappa shape index (κ2) is 6.72. The molecule has 0 saturated heterocycles. The van der Waals surface area contributed by atoms with Crippen LogP contribution in [0.2, 0.25) is 0 Å². The number of carbonyl (C=O) groups excluding carboxylic acids is 2. The van der Waals surface area contributed by atoms with Crippen molar-refractivity contribution in [3.05, 3.63) is 24.3 Å². The predicted molar refractivity (Wildman–Crippen MR) is 86.0 cm³/mol. The van der Waals surface area contributed by atoms with Crippen molar-refractivity contribution in [3.8, 4) is 0 Å². The second-order valence-corrected chi connectivity index (χ2v) is 6.54. The summed E-state index contributed by atoms with van der Waals surface area (Å²) in [7, 11) is 0. The predicted octanol–water partition coefficient (Wildman–Crippen LogP) is 2.59. The van der Waals surface area contributed by atoms with E-state index >= 15 is 0 Å². The van der Waals surface area contributed by atoms with Crippen molar-refractivity contribution in [2.24, 2.45) is 17.1 Å². The summed E-state index contributed by atoms with van der Waals surface area (Å²) in [6.07, 6.45) is 0. The molecule has 0 aromatic heterocycles. The first kappa shape index (κ1) is 17.2. The van der Waals surface area contributed by atoms with Crippen LogP contribution >= 0.6 is 0 Å². The van der Waals surface area contributed by atoms with E-state index < -0.39 is 11.5 Å². The van der Waals surface area contributed by atoms with Crippen LogP contribution in [0.4, 0.5) is 11.4 Å². The fraction of sp³-hybridized carbons (Fsp3) is 0.500. The summed E-state index contributed by atoms with van der Waals surface area (Å²) >= 11 is 0. The molecule has 0 bridgehead atoms. The van der Waals surface area contributed by atoms with Crippen LogP contribution in [0.3, 0.4) is 0 Å². The third-order valence-corrected chi connectivity index (χ3v) is 3.09. The molecule has 0 saturated carbocycles. The van der Waals surface area contributed by atoms with Crippen molar-refractivity contribution in [3.63, 3.8) is 0 Å². The van der Waals surface area contributed by atoms with E-state index in [0.29, 0.717) is 11.4 Å². The molecule has 21 heavy (non-hydrogen) atoms. The van der Waals surface area contributed by atoms with Gasteiger partial charge in [0.25, 0.3) is 0 Å². The van der Waals surface area contributed by atoms with Crippen molar-refractivity contribution >= 4 is 23.2 Å². The first-order valence-electron chi connectivity index (χ1n) is 7.09. The topological polar surface area (TPSA) is 84.2 Å². The molecule has 4 N–H and O–H groups in total. The fourth-order valence-corrected chi connectivity index (χ4v) is 1.52. The van der Waals surface area contributed by atoms with Crippen LogP contribution in [0.5, 0.6) is 0 Å². The highest BCUT2D eigenvalue weighted by Gasteiger charge is 2.21. The Morgan fingerprint density at radius 2 is 1.62 bits per heavy atom. The van der Waals surface area contributed by atoms with Crippen LogP contribution in [0.1, 0.15) is 34.6 Å². The van der Waals surface area contributed by atoms with Gasteiger partial charge in [0.15, 0.2) is 0 Å². The molecule has 1 atom stereocenters. The Morgan fingerprint density at radius 1 is 1.10 bits per heavy atom. The molecule has 2 amide bonds. The number of nitrogens with two attached hydrogens (primary N) is 1. The summed E-state index contributed by atoms with van der Waals surface area (Å²) in [4.78, 5) is 23.9. The molecule has 1 rings (SSSR count). The highest BCUT2D eigenvalue weighted by atomic mass is 16.2. The summed E-state index contributed by atoms with van der Waals surface area (Å²) in [6.45, 7) is 9.31. The first-order chi connectivity index (χ1) is 9.61. The van der Waals surface area contributed by atoms with Crippen LogP contribution < -0.4 is 16.4 Å². The minimum absolute atomic E-state index is 0.0637. The smallest absolute Gasteiger partial charge is 0.241 e. The Balaban J connectivity index is 2.78. The molecule has 116 valence electrons. The van der Waals surface area contributed by atoms with Crippen LogP contribution in [-0.2, 0) is 9.59 Å². The number of hydrogen-bond donors (Lipinski definition) is 3. The van der Waals surface area contributed by atoms with Gasteiger partial charge in [-0.3, -0.25) is 9.59 Å². The molecule has 0 heterocycles. The van der Waals surface area contributed by atoms with Gasteiger partial charge < -0.3 is 16.4 Å². The third-order valence-electron chi connectivity index (χ3n) is 3.09. The van der Waals surface area contributed by atoms with Crippen molar-refractivity contribution in [2.75, 3.05) is 10.6 Å². The van der Waals surface area contributed by atoms with E-state index in [1.54, 1.807) is 24.3 Å². The molecule has 0 aliphatic rings. The van der Waals surface area contributed by atoms with Crippen LogP contribution in [0, 0.1) is 11.3 Å². The quantitative estimate of drug-likeness (QED) is 0.797. The van der Waals surface area contributed by atoms with E-state index in [4.69, 9.17) is 5.73 Å². The highest BCUT2D eigenvalue weighted by molar-refractivity contribution is 5.97. The lowest BCUT2D eigenvalue weighted by Crippen LogP contribution is -2.39. The molecule has 5 heteroatoms. The van der Waals surface area contributed by atoms with Crippen LogP contribution in [0.15, 0.2) is 24.3 Å². The SMILES string of the molecule is CC(C)C(N)C(=O)Nc1cccc(NC(=O)C(C)(C)C)c1. The zero-order valence-electron chi connectivity index (χ0n) is 13.4. The monoisotopic (exact) mass is 291 g/mol. The third kappa shape index (κ3) is 5.19. The summed E-state index contributed by atoms with van der Waals surface area (Å²) in [5.41, 5.74) is 6.59. The molecule has 1 aromatic carbocycles. The molecule has 1 aromatic rings. The van der Waals surface area contributed by atoms with Gasteiger partial charge in [0, 0.05) is 16.8 Å². The minimum atomic E-state index is -0.558. The molecule has 0 radical (unpaired) electrons. The molecular weight excluding hydrogens is 266 g/mol. The highest BCUT2D eigenvalue weighted by Crippen LogP contribution is 2.20. The Morgan fingerprint density at radius 3 is 2.10 bits per heavy atom. The van der Waals surface area contributed by atoms with E-state index in [1.807, 2.05) is 34.6 Å². The van der Waals surface area contributed by atoms with Gasteiger partial charge in [-0.25, -0.2) is 0 Å². The van der Waals surface area contributed by atoms with Gasteiger partial charge in [-0.15, -0.1) is 0 Å². The zero-order chi connectivity index (χ0) is 16.2. The molecule has 0 fully saturated rings. The minimum Gasteiger partial charge on any atom is -0.326 e. The maximum atomic E-state index is 11.9. The van der Waals surface area contributed by atoms with E-state index in [9.17, 15) is 9.59 Å². The Bertz CT molecular complexity index is 518. The first-order valence-corrected chi connectivity index (χ1v) is 7.09. The molecule has 0 aliphatic carbocycles. The van der Waals surface area contributed by atoms with Gasteiger partial charge in [-0.1, -0.05) is 40.7 Å². The van der Waals surface area contributed by atoms with Crippen molar-refractivity contribution in [1.29, 1.82) is 0 Å². The summed E-state index contributed by atoms with van der Waals surface area (Å²) < 4.78 is 0. The van der Waals surface area contributed by atoms with Crippen LogP contribution in [-0.4, -0.2) is 17.9 Å². The number of benzene rings is 1. The van der Waals surface area contributed by atoms with Gasteiger partial charge in [0.1, 0.15) is 0 Å². The lowest BCUT2D eigenvalue weighted by Gasteiger charge is -2.18. The van der Waals surface area contributed by atoms with Gasteiger partial charge in [-0.2, -0.15) is 0 Å². The number of anilines is 2. The summed E-state index contributed by atoms with van der Waals surface area (Å²) in [5.74, 6) is -0.247. The van der Waals surface area contributed by atoms with E-state index in [1.165, 1.54) is 0 Å². The summed E-state index contributed by atoms with van der Waals surface area (Å²) in [5, 5.41) is 5.59. The van der Waals surface area contributed by atoms with Gasteiger partial charge in [0.05, 0.1) is 6.04 Å². The van der Waals surface area contributed by atoms with Crippen molar-refractivity contribution < 1.29 is 9.59 Å². The standard InChI is InChI=1S/C16H25N3O2/c1-10(2)13(17)14(20)18-11-7-6-8-12(9-11)19-15(21)16(3,4)5/h6-10,13H,17H2,1-5H3,(H,18,20)(H,19,21). The fourth-order valence-electron chi connectivity index (χ4n) is 1.52. The Hall–Kier alpha value is -1.88. The maximum absolute atomic E-state index is 11.9. The number of rotatable bonds is 4. The van der Waals surface area contributed by atoms with Gasteiger partial charge in [0.2, 0.25) is 11.8 Å². The lowest BCUT2D eigenvalue weighted by atomic mass is 9.95. The van der Waals surface area contributed by atoms with Crippen molar-refractivity contribution in [1.82, 2.24) is 0 Å². The lowest BCUT2D eigenvalue weighted by molar-refractivity contribution is -0.123. The van der Waals surface area contributed by atoms with Crippen molar-refractivity contribution in [2.45, 2.75) is 40.7 Å². The Kier molecular flexibility index (Phi) is 5.49. The van der Waals surface area contributed by atoms with E-state index in [2.05, 4.69) is 10.6 Å². The normalized spacial score (nSPS) is 12.9. The van der Waals surface area contributed by atoms with Crippen LogP contribution in [0.25, 0.3) is 0 Å². The molecule has 1 unspecified atom stereocenters. The molecule has 5 nitrogen and oxygen atoms in total. The number of nitrogens with one attached hydrogen (secondary N) is 2. The van der Waals surface area contributed by atoms with E-state index in [-0.39, 0.29) is 17.7 Å². The average Bonchev–Trinajstić information content (AvgIpc) is 2.36. The summed E-state index contributed by atoms with van der Waals surface area (Å²) in [6, 6.07) is 6.47. The number of carbonyl (C=O) groups is 2. The number of amides is 2. The second-order valence-electron chi connectivity index (χ2n) is 6.54. The average molecular weight is 291 g/mol. The number of hydrogen-bond acceptors (Lipinski definition) is 3. The van der Waals surface area contributed by atoms with E-state index in [0.717, 1.165) is 0 Å². The van der Waals surface area contributed by atoms with Gasteiger partial charge in [-0.05, 0) is 24.1 Å².